The van der Waals surface area contributed by atoms with Gasteiger partial charge >= 0.3 is 7.12 Å². The Hall–Kier alpha value is -1.40. The molecule has 3 rings (SSSR count). The molecule has 0 radical (unpaired) electrons. The Morgan fingerprint density at radius 3 is 2.44 bits per heavy atom. The van der Waals surface area contributed by atoms with E-state index in [2.05, 4.69) is 10.1 Å². The summed E-state index contributed by atoms with van der Waals surface area (Å²) in [5.74, 6) is 0. The topological polar surface area (TPSA) is 48.7 Å². The van der Waals surface area contributed by atoms with Gasteiger partial charge in [-0.05, 0) is 39.8 Å². The average Bonchev–Trinajstić information content (AvgIpc) is 2.80. The van der Waals surface area contributed by atoms with Crippen LogP contribution in [0, 0.1) is 0 Å². The molecule has 1 aliphatic rings. The van der Waals surface area contributed by atoms with Crippen LogP contribution in [0.5, 0.6) is 0 Å². The van der Waals surface area contributed by atoms with Gasteiger partial charge in [-0.1, -0.05) is 0 Å². The molecule has 0 N–H and O–H groups in total. The Bertz CT molecular complexity index is 578. The van der Waals surface area contributed by atoms with Gasteiger partial charge in [0.1, 0.15) is 0 Å². The molecule has 2 aromatic rings. The molecule has 1 fully saturated rings. The van der Waals surface area contributed by atoms with Gasteiger partial charge in [-0.15, -0.1) is 0 Å². The van der Waals surface area contributed by atoms with Crippen LogP contribution in [-0.4, -0.2) is 32.9 Å². The second-order valence-corrected chi connectivity index (χ2v) is 5.58. The maximum Gasteiger partial charge on any atom is 0.516 e. The lowest BCUT2D eigenvalue weighted by atomic mass is 9.85. The summed E-state index contributed by atoms with van der Waals surface area (Å²) in [6.07, 6.45) is 3.53. The SMILES string of the molecule is CC1(C)OB(c2ccc3nccn3n2)OC1(C)C. The summed E-state index contributed by atoms with van der Waals surface area (Å²) in [6.45, 7) is 8.12. The van der Waals surface area contributed by atoms with Gasteiger partial charge < -0.3 is 9.31 Å². The summed E-state index contributed by atoms with van der Waals surface area (Å²) in [5.41, 5.74) is 0.890. The molecule has 0 amide bonds. The van der Waals surface area contributed by atoms with Gasteiger partial charge in [0.15, 0.2) is 5.65 Å². The minimum Gasteiger partial charge on any atom is -0.398 e. The summed E-state index contributed by atoms with van der Waals surface area (Å²) < 4.78 is 13.6. The fraction of sp³-hybridized carbons (Fsp3) is 0.500. The first-order chi connectivity index (χ1) is 8.39. The van der Waals surface area contributed by atoms with Crippen molar-refractivity contribution in [2.24, 2.45) is 0 Å². The summed E-state index contributed by atoms with van der Waals surface area (Å²) in [5, 5.41) is 4.45. The fourth-order valence-electron chi connectivity index (χ4n) is 1.92. The molecule has 0 spiro atoms. The van der Waals surface area contributed by atoms with Crippen LogP contribution in [0.25, 0.3) is 5.65 Å². The van der Waals surface area contributed by atoms with Crippen LogP contribution < -0.4 is 5.59 Å². The Kier molecular flexibility index (Phi) is 2.31. The molecular formula is C12H16BN3O2. The first-order valence-corrected chi connectivity index (χ1v) is 6.05. The van der Waals surface area contributed by atoms with Crippen LogP contribution in [0.15, 0.2) is 24.5 Å². The van der Waals surface area contributed by atoms with Crippen molar-refractivity contribution in [1.82, 2.24) is 14.6 Å². The van der Waals surface area contributed by atoms with Crippen LogP contribution >= 0.6 is 0 Å². The molecular weight excluding hydrogens is 229 g/mol. The molecule has 6 heteroatoms. The standard InChI is InChI=1S/C12H16BN3O2/c1-11(2)12(3,4)18-13(17-11)9-5-6-10-14-7-8-16(10)15-9/h5-8H,1-4H3. The molecule has 0 unspecified atom stereocenters. The highest BCUT2D eigenvalue weighted by atomic mass is 16.7. The zero-order valence-electron chi connectivity index (χ0n) is 11.0. The van der Waals surface area contributed by atoms with Crippen LogP contribution in [-0.2, 0) is 9.31 Å². The maximum absolute atomic E-state index is 5.96. The molecule has 0 aliphatic carbocycles. The first kappa shape index (κ1) is 11.7. The molecule has 0 atom stereocenters. The van der Waals surface area contributed by atoms with E-state index in [0.29, 0.717) is 0 Å². The van der Waals surface area contributed by atoms with E-state index in [4.69, 9.17) is 9.31 Å². The largest absolute Gasteiger partial charge is 0.516 e. The van der Waals surface area contributed by atoms with Crippen LogP contribution in [0.1, 0.15) is 27.7 Å². The molecule has 5 nitrogen and oxygen atoms in total. The molecule has 1 aliphatic heterocycles. The Balaban J connectivity index is 1.96. The predicted octanol–water partition coefficient (Wildman–Crippen LogP) is 1.03. The van der Waals surface area contributed by atoms with Gasteiger partial charge in [-0.2, -0.15) is 5.10 Å². The molecule has 94 valence electrons. The third-order valence-electron chi connectivity index (χ3n) is 3.77. The lowest BCUT2D eigenvalue weighted by Gasteiger charge is -2.32. The van der Waals surface area contributed by atoms with E-state index in [0.717, 1.165) is 11.2 Å². The van der Waals surface area contributed by atoms with E-state index >= 15 is 0 Å². The monoisotopic (exact) mass is 245 g/mol. The van der Waals surface area contributed by atoms with Gasteiger partial charge in [-0.3, -0.25) is 0 Å². The zero-order valence-corrected chi connectivity index (χ0v) is 11.0. The smallest absolute Gasteiger partial charge is 0.398 e. The Morgan fingerprint density at radius 1 is 1.11 bits per heavy atom. The Morgan fingerprint density at radius 2 is 1.78 bits per heavy atom. The number of rotatable bonds is 1. The second-order valence-electron chi connectivity index (χ2n) is 5.58. The Labute approximate surface area is 106 Å². The highest BCUT2D eigenvalue weighted by molar-refractivity contribution is 6.61. The van der Waals surface area contributed by atoms with Crippen molar-refractivity contribution < 1.29 is 9.31 Å². The zero-order chi connectivity index (χ0) is 13.0. The van der Waals surface area contributed by atoms with Gasteiger partial charge in [0.25, 0.3) is 0 Å². The van der Waals surface area contributed by atoms with Gasteiger partial charge in [0, 0.05) is 12.4 Å². The lowest BCUT2D eigenvalue weighted by Crippen LogP contribution is -2.41. The molecule has 1 saturated heterocycles. The molecule has 0 aromatic carbocycles. The van der Waals surface area contributed by atoms with Crippen LogP contribution in [0.4, 0.5) is 0 Å². The highest BCUT2D eigenvalue weighted by Gasteiger charge is 2.52. The summed E-state index contributed by atoms with van der Waals surface area (Å²) >= 11 is 0. The third kappa shape index (κ3) is 1.64. The second kappa shape index (κ2) is 3.55. The quantitative estimate of drug-likeness (QED) is 0.704. The number of nitrogens with zero attached hydrogens (tertiary/aromatic N) is 3. The van der Waals surface area contributed by atoms with E-state index < -0.39 is 7.12 Å². The van der Waals surface area contributed by atoms with E-state index in [1.165, 1.54) is 0 Å². The highest BCUT2D eigenvalue weighted by Crippen LogP contribution is 2.36. The van der Waals surface area contributed by atoms with Crippen molar-refractivity contribution in [1.29, 1.82) is 0 Å². The van der Waals surface area contributed by atoms with E-state index in [-0.39, 0.29) is 11.2 Å². The average molecular weight is 245 g/mol. The fourth-order valence-corrected chi connectivity index (χ4v) is 1.92. The number of fused-ring (bicyclic) bond motifs is 1. The molecule has 0 bridgehead atoms. The summed E-state index contributed by atoms with van der Waals surface area (Å²) in [7, 11) is -0.429. The van der Waals surface area contributed by atoms with Crippen molar-refractivity contribution >= 4 is 18.4 Å². The van der Waals surface area contributed by atoms with Crippen molar-refractivity contribution in [2.75, 3.05) is 0 Å². The van der Waals surface area contributed by atoms with E-state index in [1.54, 1.807) is 10.7 Å². The minimum atomic E-state index is -0.429. The molecule has 2 aromatic heterocycles. The number of imidazole rings is 1. The van der Waals surface area contributed by atoms with Gasteiger partial charge in [0.2, 0.25) is 0 Å². The third-order valence-corrected chi connectivity index (χ3v) is 3.77. The van der Waals surface area contributed by atoms with Crippen molar-refractivity contribution in [3.8, 4) is 0 Å². The molecule has 3 heterocycles. The van der Waals surface area contributed by atoms with Crippen LogP contribution in [0.2, 0.25) is 0 Å². The van der Waals surface area contributed by atoms with Gasteiger partial charge in [0.05, 0.1) is 16.8 Å². The van der Waals surface area contributed by atoms with Gasteiger partial charge in [-0.25, -0.2) is 9.50 Å². The molecule has 18 heavy (non-hydrogen) atoms. The van der Waals surface area contributed by atoms with Crippen LogP contribution in [0.3, 0.4) is 0 Å². The normalized spacial score (nSPS) is 21.7. The van der Waals surface area contributed by atoms with E-state index in [1.807, 2.05) is 46.0 Å². The van der Waals surface area contributed by atoms with E-state index in [9.17, 15) is 0 Å². The maximum atomic E-state index is 5.96. The van der Waals surface area contributed by atoms with Crippen molar-refractivity contribution in [3.63, 3.8) is 0 Å². The number of aromatic nitrogens is 3. The number of hydrogen-bond acceptors (Lipinski definition) is 4. The first-order valence-electron chi connectivity index (χ1n) is 6.05. The number of hydrogen-bond donors (Lipinski definition) is 0. The van der Waals surface area contributed by atoms with Crippen molar-refractivity contribution in [2.45, 2.75) is 38.9 Å². The summed E-state index contributed by atoms with van der Waals surface area (Å²) in [6, 6.07) is 3.80. The summed E-state index contributed by atoms with van der Waals surface area (Å²) in [4.78, 5) is 4.16. The lowest BCUT2D eigenvalue weighted by molar-refractivity contribution is 0.00578. The predicted molar refractivity (Wildman–Crippen MR) is 68.7 cm³/mol. The van der Waals surface area contributed by atoms with Crippen molar-refractivity contribution in [3.05, 3.63) is 24.5 Å². The molecule has 0 saturated carbocycles. The minimum absolute atomic E-state index is 0.344.